The number of rotatable bonds is 3. The van der Waals surface area contributed by atoms with Crippen LogP contribution in [0.4, 0.5) is 5.82 Å². The highest BCUT2D eigenvalue weighted by Crippen LogP contribution is 2.05. The Balaban J connectivity index is 2.65. The van der Waals surface area contributed by atoms with Gasteiger partial charge in [0.25, 0.3) is 0 Å². The smallest absolute Gasteiger partial charge is 0.249 e. The van der Waals surface area contributed by atoms with Crippen molar-refractivity contribution in [2.75, 3.05) is 5.32 Å². The van der Waals surface area contributed by atoms with E-state index >= 15 is 0 Å². The van der Waals surface area contributed by atoms with Crippen molar-refractivity contribution in [1.82, 2.24) is 4.98 Å². The Bertz CT molecular complexity index is 365. The number of nitrogens with zero attached hydrogens (tertiary/aromatic N) is 1. The van der Waals surface area contributed by atoms with Gasteiger partial charge in [-0.1, -0.05) is 11.6 Å². The van der Waals surface area contributed by atoms with Gasteiger partial charge in [-0.15, -0.1) is 0 Å². The van der Waals surface area contributed by atoms with Crippen LogP contribution in [-0.4, -0.2) is 16.0 Å². The van der Waals surface area contributed by atoms with Crippen molar-refractivity contribution in [3.63, 3.8) is 0 Å². The first-order valence-corrected chi connectivity index (χ1v) is 4.63. The van der Waals surface area contributed by atoms with E-state index < -0.39 is 0 Å². The first kappa shape index (κ1) is 11.4. The minimum Gasteiger partial charge on any atom is -0.392 e. The van der Waals surface area contributed by atoms with E-state index in [4.69, 9.17) is 5.11 Å². The van der Waals surface area contributed by atoms with Crippen molar-refractivity contribution in [3.8, 4) is 0 Å². The lowest BCUT2D eigenvalue weighted by Gasteiger charge is -2.02. The minimum absolute atomic E-state index is 0.0464. The highest BCUT2D eigenvalue weighted by Gasteiger charge is 1.99. The number of anilines is 1. The molecule has 0 fully saturated rings. The lowest BCUT2D eigenvalue weighted by Crippen LogP contribution is -2.09. The van der Waals surface area contributed by atoms with Crippen molar-refractivity contribution < 1.29 is 9.90 Å². The molecule has 0 saturated heterocycles. The van der Waals surface area contributed by atoms with Crippen molar-refractivity contribution in [2.45, 2.75) is 20.5 Å². The fraction of sp³-hybridized carbons (Fsp3) is 0.273. The van der Waals surface area contributed by atoms with E-state index in [9.17, 15) is 4.79 Å². The number of aliphatic hydroxyl groups excluding tert-OH is 1. The van der Waals surface area contributed by atoms with Crippen LogP contribution in [0.15, 0.2) is 30.0 Å². The lowest BCUT2D eigenvalue weighted by molar-refractivity contribution is -0.112. The van der Waals surface area contributed by atoms with Crippen molar-refractivity contribution in [1.29, 1.82) is 0 Å². The summed E-state index contributed by atoms with van der Waals surface area (Å²) in [7, 11) is 0. The van der Waals surface area contributed by atoms with Gasteiger partial charge in [-0.05, 0) is 25.5 Å². The molecule has 0 radical (unpaired) electrons. The van der Waals surface area contributed by atoms with E-state index in [-0.39, 0.29) is 12.5 Å². The number of carbonyl (C=O) groups excluding carboxylic acids is 1. The molecule has 0 aliphatic heterocycles. The van der Waals surface area contributed by atoms with Gasteiger partial charge in [0, 0.05) is 12.3 Å². The number of aliphatic hydroxyl groups is 1. The third-order valence-electron chi connectivity index (χ3n) is 1.68. The average molecular weight is 206 g/mol. The predicted octanol–water partition coefficient (Wildman–Crippen LogP) is 1.48. The second-order valence-electron chi connectivity index (χ2n) is 3.42. The molecule has 4 nitrogen and oxygen atoms in total. The van der Waals surface area contributed by atoms with Gasteiger partial charge in [0.2, 0.25) is 5.91 Å². The zero-order valence-electron chi connectivity index (χ0n) is 8.82. The van der Waals surface area contributed by atoms with E-state index in [0.29, 0.717) is 5.82 Å². The molecule has 1 aromatic rings. The third kappa shape index (κ3) is 3.91. The molecule has 1 amide bonds. The predicted molar refractivity (Wildman–Crippen MR) is 58.2 cm³/mol. The quantitative estimate of drug-likeness (QED) is 0.736. The summed E-state index contributed by atoms with van der Waals surface area (Å²) in [5.74, 6) is 0.286. The molecule has 15 heavy (non-hydrogen) atoms. The van der Waals surface area contributed by atoms with E-state index in [2.05, 4.69) is 10.3 Å². The summed E-state index contributed by atoms with van der Waals surface area (Å²) in [6, 6.07) is 3.37. The molecule has 0 aliphatic carbocycles. The molecule has 0 saturated carbocycles. The summed E-state index contributed by atoms with van der Waals surface area (Å²) >= 11 is 0. The van der Waals surface area contributed by atoms with Crippen LogP contribution < -0.4 is 5.32 Å². The van der Waals surface area contributed by atoms with Crippen molar-refractivity contribution >= 4 is 11.7 Å². The Morgan fingerprint density at radius 1 is 1.53 bits per heavy atom. The zero-order chi connectivity index (χ0) is 11.3. The maximum atomic E-state index is 11.3. The molecule has 0 bridgehead atoms. The van der Waals surface area contributed by atoms with E-state index in [1.807, 2.05) is 13.8 Å². The molecule has 0 unspecified atom stereocenters. The van der Waals surface area contributed by atoms with Gasteiger partial charge in [-0.2, -0.15) is 0 Å². The third-order valence-corrected chi connectivity index (χ3v) is 1.68. The minimum atomic E-state index is -0.195. The Labute approximate surface area is 88.7 Å². The van der Waals surface area contributed by atoms with Crippen LogP contribution >= 0.6 is 0 Å². The van der Waals surface area contributed by atoms with Crippen LogP contribution in [0, 0.1) is 0 Å². The normalized spacial score (nSPS) is 9.53. The number of pyridine rings is 1. The highest BCUT2D eigenvalue weighted by atomic mass is 16.3. The summed E-state index contributed by atoms with van der Waals surface area (Å²) in [4.78, 5) is 15.3. The Morgan fingerprint density at radius 2 is 2.27 bits per heavy atom. The number of allylic oxidation sites excluding steroid dienone is 1. The first-order valence-electron chi connectivity index (χ1n) is 4.63. The van der Waals surface area contributed by atoms with Gasteiger partial charge in [-0.3, -0.25) is 4.79 Å². The standard InChI is InChI=1S/C11H14N2O2/c1-8(2)5-11(15)13-10-4-3-9(7-14)6-12-10/h3-6,14H,7H2,1-2H3,(H,12,13,15). The second kappa shape index (κ2) is 5.26. The van der Waals surface area contributed by atoms with E-state index in [1.54, 1.807) is 12.1 Å². The SMILES string of the molecule is CC(C)=CC(=O)Nc1ccc(CO)cn1. The molecular weight excluding hydrogens is 192 g/mol. The number of hydrogen-bond donors (Lipinski definition) is 2. The summed E-state index contributed by atoms with van der Waals surface area (Å²) in [6.07, 6.45) is 3.03. The largest absolute Gasteiger partial charge is 0.392 e. The van der Waals surface area contributed by atoms with Gasteiger partial charge in [-0.25, -0.2) is 4.98 Å². The summed E-state index contributed by atoms with van der Waals surface area (Å²) in [5.41, 5.74) is 1.65. The highest BCUT2D eigenvalue weighted by molar-refractivity contribution is 5.98. The molecule has 0 spiro atoms. The maximum absolute atomic E-state index is 11.3. The summed E-state index contributed by atoms with van der Waals surface area (Å²) in [6.45, 7) is 3.65. The van der Waals surface area contributed by atoms with Crippen molar-refractivity contribution in [3.05, 3.63) is 35.5 Å². The van der Waals surface area contributed by atoms with Crippen molar-refractivity contribution in [2.24, 2.45) is 0 Å². The first-order chi connectivity index (χ1) is 7.11. The number of nitrogens with one attached hydrogen (secondary N) is 1. The average Bonchev–Trinajstić information content (AvgIpc) is 2.17. The zero-order valence-corrected chi connectivity index (χ0v) is 8.82. The fourth-order valence-electron chi connectivity index (χ4n) is 1.02. The number of carbonyl (C=O) groups is 1. The molecule has 1 rings (SSSR count). The molecular formula is C11H14N2O2. The Kier molecular flexibility index (Phi) is 4.00. The molecule has 80 valence electrons. The molecule has 2 N–H and O–H groups in total. The molecule has 4 heteroatoms. The Morgan fingerprint density at radius 3 is 2.73 bits per heavy atom. The molecule has 0 aliphatic rings. The van der Waals surface area contributed by atoms with Gasteiger partial charge in [0.15, 0.2) is 0 Å². The van der Waals surface area contributed by atoms with Gasteiger partial charge >= 0.3 is 0 Å². The topological polar surface area (TPSA) is 62.2 Å². The fourth-order valence-corrected chi connectivity index (χ4v) is 1.02. The molecule has 0 atom stereocenters. The van der Waals surface area contributed by atoms with Gasteiger partial charge < -0.3 is 10.4 Å². The lowest BCUT2D eigenvalue weighted by atomic mass is 10.3. The van der Waals surface area contributed by atoms with Crippen LogP contribution in [0.2, 0.25) is 0 Å². The van der Waals surface area contributed by atoms with E-state index in [0.717, 1.165) is 11.1 Å². The number of amides is 1. The van der Waals surface area contributed by atoms with Crippen LogP contribution in [0.25, 0.3) is 0 Å². The molecule has 1 aromatic heterocycles. The Hall–Kier alpha value is -1.68. The maximum Gasteiger partial charge on any atom is 0.249 e. The molecule has 0 aromatic carbocycles. The van der Waals surface area contributed by atoms with Gasteiger partial charge in [0.05, 0.1) is 6.61 Å². The van der Waals surface area contributed by atoms with Crippen LogP contribution in [0.3, 0.4) is 0 Å². The summed E-state index contributed by atoms with van der Waals surface area (Å²) < 4.78 is 0. The number of aromatic nitrogens is 1. The van der Waals surface area contributed by atoms with Gasteiger partial charge in [0.1, 0.15) is 5.82 Å². The van der Waals surface area contributed by atoms with Crippen LogP contribution in [0.1, 0.15) is 19.4 Å². The van der Waals surface area contributed by atoms with Crippen LogP contribution in [0.5, 0.6) is 0 Å². The second-order valence-corrected chi connectivity index (χ2v) is 3.42. The summed E-state index contributed by atoms with van der Waals surface area (Å²) in [5, 5.41) is 11.4. The number of hydrogen-bond acceptors (Lipinski definition) is 3. The molecule has 1 heterocycles. The van der Waals surface area contributed by atoms with Crippen LogP contribution in [-0.2, 0) is 11.4 Å². The van der Waals surface area contributed by atoms with E-state index in [1.165, 1.54) is 12.3 Å². The monoisotopic (exact) mass is 206 g/mol.